The molecule has 1 aromatic carbocycles. The van der Waals surface area contributed by atoms with E-state index in [1.54, 1.807) is 6.20 Å². The fraction of sp³-hybridized carbons (Fsp3) is 0.438. The van der Waals surface area contributed by atoms with Crippen molar-refractivity contribution in [3.8, 4) is 0 Å². The van der Waals surface area contributed by atoms with Crippen molar-refractivity contribution in [3.05, 3.63) is 36.0 Å². The summed E-state index contributed by atoms with van der Waals surface area (Å²) in [6.07, 6.45) is 3.26. The minimum atomic E-state index is -0.558. The number of hydrogen-bond acceptors (Lipinski definition) is 4. The van der Waals surface area contributed by atoms with Gasteiger partial charge in [-0.2, -0.15) is 0 Å². The van der Waals surface area contributed by atoms with E-state index >= 15 is 0 Å². The van der Waals surface area contributed by atoms with Gasteiger partial charge in [-0.1, -0.05) is 24.3 Å². The second-order valence-electron chi connectivity index (χ2n) is 5.79. The summed E-state index contributed by atoms with van der Waals surface area (Å²) in [6.45, 7) is 3.51. The third kappa shape index (κ3) is 2.37. The van der Waals surface area contributed by atoms with Gasteiger partial charge < -0.3 is 15.1 Å². The van der Waals surface area contributed by atoms with Crippen molar-refractivity contribution in [1.82, 2.24) is 4.98 Å². The second-order valence-corrected chi connectivity index (χ2v) is 5.79. The number of pyridine rings is 1. The first-order valence-corrected chi connectivity index (χ1v) is 7.05. The molecule has 0 aliphatic carbocycles. The summed E-state index contributed by atoms with van der Waals surface area (Å²) in [5, 5.41) is 21.6. The summed E-state index contributed by atoms with van der Waals surface area (Å²) >= 11 is 0. The number of piperidine rings is 1. The van der Waals surface area contributed by atoms with E-state index < -0.39 is 5.60 Å². The van der Waals surface area contributed by atoms with Crippen LogP contribution in [0.3, 0.4) is 0 Å². The zero-order valence-corrected chi connectivity index (χ0v) is 11.7. The van der Waals surface area contributed by atoms with Crippen LogP contribution in [0.1, 0.15) is 25.3 Å². The van der Waals surface area contributed by atoms with Crippen LogP contribution in [0.4, 0.5) is 5.82 Å². The number of rotatable bonds is 2. The zero-order chi connectivity index (χ0) is 14.2. The Morgan fingerprint density at radius 1 is 1.20 bits per heavy atom. The number of nitrogens with zero attached hydrogens (tertiary/aromatic N) is 2. The van der Waals surface area contributed by atoms with Crippen LogP contribution in [0.2, 0.25) is 0 Å². The summed E-state index contributed by atoms with van der Waals surface area (Å²) in [6, 6.07) is 8.04. The highest BCUT2D eigenvalue weighted by atomic mass is 16.3. The molecule has 1 aliphatic heterocycles. The molecule has 2 N–H and O–H groups in total. The minimum Gasteiger partial charge on any atom is -0.392 e. The Kier molecular flexibility index (Phi) is 3.36. The Labute approximate surface area is 118 Å². The predicted octanol–water partition coefficient (Wildman–Crippen LogP) is 2.08. The molecule has 1 fully saturated rings. The van der Waals surface area contributed by atoms with E-state index in [1.807, 2.05) is 31.2 Å². The topological polar surface area (TPSA) is 56.6 Å². The fourth-order valence-electron chi connectivity index (χ4n) is 2.81. The summed E-state index contributed by atoms with van der Waals surface area (Å²) in [5.41, 5.74) is 0.297. The van der Waals surface area contributed by atoms with Crippen LogP contribution >= 0.6 is 0 Å². The molecule has 1 saturated heterocycles. The lowest BCUT2D eigenvalue weighted by atomic mass is 9.93. The minimum absolute atomic E-state index is 0.00248. The van der Waals surface area contributed by atoms with Gasteiger partial charge in [-0.05, 0) is 25.2 Å². The number of hydrogen-bond donors (Lipinski definition) is 2. The summed E-state index contributed by atoms with van der Waals surface area (Å²) < 4.78 is 0. The molecule has 3 rings (SSSR count). The van der Waals surface area contributed by atoms with Crippen molar-refractivity contribution in [1.29, 1.82) is 0 Å². The molecule has 0 radical (unpaired) electrons. The number of aliphatic hydroxyl groups is 2. The van der Waals surface area contributed by atoms with Crippen molar-refractivity contribution in [3.63, 3.8) is 0 Å². The van der Waals surface area contributed by atoms with E-state index in [2.05, 4.69) is 9.88 Å². The fourth-order valence-corrected chi connectivity index (χ4v) is 2.81. The summed E-state index contributed by atoms with van der Waals surface area (Å²) in [5.74, 6) is 0.952. The van der Waals surface area contributed by atoms with Gasteiger partial charge in [-0.3, -0.25) is 0 Å². The summed E-state index contributed by atoms with van der Waals surface area (Å²) in [4.78, 5) is 6.76. The van der Waals surface area contributed by atoms with Crippen LogP contribution in [-0.4, -0.2) is 33.9 Å². The molecule has 0 amide bonds. The average molecular weight is 272 g/mol. The third-order valence-corrected chi connectivity index (χ3v) is 4.17. The first kappa shape index (κ1) is 13.3. The lowest BCUT2D eigenvalue weighted by Crippen LogP contribution is -2.42. The molecular weight excluding hydrogens is 252 g/mol. The van der Waals surface area contributed by atoms with Crippen molar-refractivity contribution in [2.45, 2.75) is 32.0 Å². The highest BCUT2D eigenvalue weighted by molar-refractivity contribution is 5.94. The van der Waals surface area contributed by atoms with Gasteiger partial charge in [-0.15, -0.1) is 0 Å². The maximum absolute atomic E-state index is 10.1. The van der Waals surface area contributed by atoms with Crippen LogP contribution in [0.25, 0.3) is 10.8 Å². The lowest BCUT2D eigenvalue weighted by Gasteiger charge is -2.37. The molecule has 2 aromatic rings. The third-order valence-electron chi connectivity index (χ3n) is 4.17. The Hall–Kier alpha value is -1.65. The number of benzene rings is 1. The Morgan fingerprint density at radius 3 is 2.50 bits per heavy atom. The van der Waals surface area contributed by atoms with E-state index in [-0.39, 0.29) is 6.61 Å². The molecule has 0 spiro atoms. The number of fused-ring (bicyclic) bond motifs is 1. The van der Waals surface area contributed by atoms with E-state index in [9.17, 15) is 10.2 Å². The molecule has 20 heavy (non-hydrogen) atoms. The number of anilines is 1. The molecule has 2 heterocycles. The first-order valence-electron chi connectivity index (χ1n) is 7.05. The Bertz CT molecular complexity index is 615. The van der Waals surface area contributed by atoms with Crippen LogP contribution in [0.5, 0.6) is 0 Å². The maximum atomic E-state index is 10.1. The Morgan fingerprint density at radius 2 is 1.85 bits per heavy atom. The molecule has 0 bridgehead atoms. The van der Waals surface area contributed by atoms with Crippen molar-refractivity contribution >= 4 is 16.6 Å². The van der Waals surface area contributed by atoms with Gasteiger partial charge in [0.1, 0.15) is 5.82 Å². The van der Waals surface area contributed by atoms with E-state index in [4.69, 9.17) is 0 Å². The van der Waals surface area contributed by atoms with E-state index in [0.717, 1.165) is 48.1 Å². The molecule has 0 saturated carbocycles. The smallest absolute Gasteiger partial charge is 0.136 e. The van der Waals surface area contributed by atoms with Crippen molar-refractivity contribution < 1.29 is 10.2 Å². The quantitative estimate of drug-likeness (QED) is 0.879. The number of aliphatic hydroxyl groups excluding tert-OH is 1. The van der Waals surface area contributed by atoms with Gasteiger partial charge in [0, 0.05) is 30.2 Å². The van der Waals surface area contributed by atoms with E-state index in [1.165, 1.54) is 0 Å². The highest BCUT2D eigenvalue weighted by Gasteiger charge is 2.28. The van der Waals surface area contributed by atoms with Crippen LogP contribution < -0.4 is 4.90 Å². The first-order chi connectivity index (χ1) is 9.61. The molecule has 1 aromatic heterocycles. The van der Waals surface area contributed by atoms with Crippen LogP contribution in [0, 0.1) is 0 Å². The van der Waals surface area contributed by atoms with Crippen LogP contribution in [-0.2, 0) is 6.61 Å². The highest BCUT2D eigenvalue weighted by Crippen LogP contribution is 2.31. The molecule has 0 atom stereocenters. The monoisotopic (exact) mass is 272 g/mol. The zero-order valence-electron chi connectivity index (χ0n) is 11.7. The largest absolute Gasteiger partial charge is 0.392 e. The van der Waals surface area contributed by atoms with Gasteiger partial charge in [0.2, 0.25) is 0 Å². The standard InChI is InChI=1S/C16H20N2O2/c1-16(20)6-8-18(9-7-16)15-14-5-3-2-4-13(14)12(11-19)10-17-15/h2-5,10,19-20H,6-9,11H2,1H3. The molecule has 4 nitrogen and oxygen atoms in total. The second kappa shape index (κ2) is 5.04. The molecule has 0 unspecified atom stereocenters. The SMILES string of the molecule is CC1(O)CCN(c2ncc(CO)c3ccccc23)CC1. The molecule has 4 heteroatoms. The van der Waals surface area contributed by atoms with Gasteiger partial charge in [0.05, 0.1) is 12.2 Å². The van der Waals surface area contributed by atoms with Gasteiger partial charge in [-0.25, -0.2) is 4.98 Å². The molecular formula is C16H20N2O2. The Balaban J connectivity index is 2.01. The van der Waals surface area contributed by atoms with Crippen molar-refractivity contribution in [2.24, 2.45) is 0 Å². The van der Waals surface area contributed by atoms with Gasteiger partial charge in [0.15, 0.2) is 0 Å². The normalized spacial score (nSPS) is 18.4. The predicted molar refractivity (Wildman–Crippen MR) is 79.7 cm³/mol. The van der Waals surface area contributed by atoms with Crippen molar-refractivity contribution in [2.75, 3.05) is 18.0 Å². The molecule has 106 valence electrons. The lowest BCUT2D eigenvalue weighted by molar-refractivity contribution is 0.0350. The van der Waals surface area contributed by atoms with Crippen LogP contribution in [0.15, 0.2) is 30.5 Å². The maximum Gasteiger partial charge on any atom is 0.136 e. The number of aromatic nitrogens is 1. The van der Waals surface area contributed by atoms with Gasteiger partial charge >= 0.3 is 0 Å². The van der Waals surface area contributed by atoms with E-state index in [0.29, 0.717) is 0 Å². The average Bonchev–Trinajstić information content (AvgIpc) is 2.46. The molecule has 1 aliphatic rings. The summed E-state index contributed by atoms with van der Waals surface area (Å²) in [7, 11) is 0. The van der Waals surface area contributed by atoms with Gasteiger partial charge in [0.25, 0.3) is 0 Å².